The van der Waals surface area contributed by atoms with Crippen LogP contribution in [0.4, 0.5) is 0 Å². The molecule has 3 fully saturated rings. The monoisotopic (exact) mass is 568 g/mol. The Bertz CT molecular complexity index is 1060. The molecule has 0 radical (unpaired) electrons. The summed E-state index contributed by atoms with van der Waals surface area (Å²) >= 11 is 2.04. The highest BCUT2D eigenvalue weighted by Crippen LogP contribution is 2.32. The van der Waals surface area contributed by atoms with Crippen molar-refractivity contribution < 1.29 is 4.21 Å². The van der Waals surface area contributed by atoms with E-state index in [1.165, 1.54) is 69.7 Å². The number of piperazine rings is 1. The lowest BCUT2D eigenvalue weighted by Crippen LogP contribution is -2.51. The molecule has 5 rings (SSSR count). The smallest absolute Gasteiger partial charge is 0.0400 e. The molecule has 0 spiro atoms. The highest BCUT2D eigenvalue weighted by atomic mass is 32.2. The molecule has 3 heterocycles. The van der Waals surface area contributed by atoms with E-state index in [1.54, 1.807) is 0 Å². The van der Waals surface area contributed by atoms with E-state index in [9.17, 15) is 4.21 Å². The topological polar surface area (TPSA) is 30.0 Å². The molecule has 0 aliphatic carbocycles. The summed E-state index contributed by atoms with van der Waals surface area (Å²) in [5.41, 5.74) is 2.45. The molecule has 39 heavy (non-hydrogen) atoms. The molecule has 2 aromatic rings. The van der Waals surface area contributed by atoms with Gasteiger partial charge in [0.2, 0.25) is 0 Å². The van der Waals surface area contributed by atoms with E-state index in [0.29, 0.717) is 11.8 Å². The van der Waals surface area contributed by atoms with Crippen molar-refractivity contribution in [3.8, 4) is 0 Å². The van der Waals surface area contributed by atoms with E-state index in [4.69, 9.17) is 0 Å². The SMILES string of the molecule is C=S(=O)(CC(c1ccccc1)c1ccccc1)N1CCCC1CCCSN1CCN(C2CCN(C)CC2)CC1. The maximum Gasteiger partial charge on any atom is 0.0400 e. The largest absolute Gasteiger partial charge is 0.306 e. The third kappa shape index (κ3) is 7.90. The van der Waals surface area contributed by atoms with E-state index < -0.39 is 9.71 Å². The number of rotatable bonds is 11. The highest BCUT2D eigenvalue weighted by molar-refractivity contribution is 7.98. The van der Waals surface area contributed by atoms with Gasteiger partial charge < -0.3 is 4.90 Å². The van der Waals surface area contributed by atoms with Crippen LogP contribution in [0.25, 0.3) is 0 Å². The average Bonchev–Trinajstić information content (AvgIpc) is 3.46. The van der Waals surface area contributed by atoms with Gasteiger partial charge in [-0.1, -0.05) is 72.6 Å². The van der Waals surface area contributed by atoms with E-state index in [0.717, 1.165) is 37.6 Å². The number of hydrogen-bond acceptors (Lipinski definition) is 5. The molecule has 3 aliphatic rings. The molecule has 5 nitrogen and oxygen atoms in total. The third-order valence-corrected chi connectivity index (χ3v) is 12.4. The van der Waals surface area contributed by atoms with Crippen LogP contribution < -0.4 is 0 Å². The maximum atomic E-state index is 14.2. The molecular formula is C32H48N4OS2. The Labute approximate surface area is 242 Å². The number of nitrogens with zero attached hydrogens (tertiary/aromatic N) is 4. The van der Waals surface area contributed by atoms with Crippen molar-refractivity contribution in [2.45, 2.75) is 56.5 Å². The van der Waals surface area contributed by atoms with E-state index in [2.05, 4.69) is 92.0 Å². The Kier molecular flexibility index (Phi) is 10.5. The normalized spacial score (nSPS) is 24.3. The minimum atomic E-state index is -2.38. The predicted octanol–water partition coefficient (Wildman–Crippen LogP) is 5.05. The van der Waals surface area contributed by atoms with E-state index in [-0.39, 0.29) is 5.92 Å². The van der Waals surface area contributed by atoms with Gasteiger partial charge in [0.1, 0.15) is 0 Å². The molecular weight excluding hydrogens is 521 g/mol. The van der Waals surface area contributed by atoms with Crippen LogP contribution in [0.1, 0.15) is 55.6 Å². The van der Waals surface area contributed by atoms with Gasteiger partial charge in [0.15, 0.2) is 0 Å². The molecule has 3 aliphatic heterocycles. The van der Waals surface area contributed by atoms with Crippen LogP contribution in [0.2, 0.25) is 0 Å². The first-order valence-electron chi connectivity index (χ1n) is 15.0. The van der Waals surface area contributed by atoms with Gasteiger partial charge >= 0.3 is 0 Å². The Morgan fingerprint density at radius 1 is 0.872 bits per heavy atom. The second-order valence-corrected chi connectivity index (χ2v) is 15.3. The number of benzene rings is 2. The van der Waals surface area contributed by atoms with Crippen LogP contribution in [-0.2, 0) is 9.71 Å². The van der Waals surface area contributed by atoms with Gasteiger partial charge in [-0.3, -0.25) is 9.11 Å². The van der Waals surface area contributed by atoms with Crippen LogP contribution in [0.3, 0.4) is 0 Å². The van der Waals surface area contributed by atoms with Gasteiger partial charge in [0, 0.05) is 71.9 Å². The molecule has 0 aromatic heterocycles. The summed E-state index contributed by atoms with van der Waals surface area (Å²) in [6.07, 6.45) is 7.23. The zero-order valence-electron chi connectivity index (χ0n) is 23.8. The fourth-order valence-corrected chi connectivity index (χ4v) is 10.0. The van der Waals surface area contributed by atoms with Crippen molar-refractivity contribution >= 4 is 27.5 Å². The lowest BCUT2D eigenvalue weighted by molar-refractivity contribution is 0.0919. The maximum absolute atomic E-state index is 14.2. The van der Waals surface area contributed by atoms with Crippen LogP contribution in [0.15, 0.2) is 60.7 Å². The van der Waals surface area contributed by atoms with Crippen molar-refractivity contribution in [2.75, 3.05) is 64.4 Å². The van der Waals surface area contributed by atoms with Crippen molar-refractivity contribution in [3.05, 3.63) is 71.8 Å². The lowest BCUT2D eigenvalue weighted by atomic mass is 9.93. The summed E-state index contributed by atoms with van der Waals surface area (Å²) in [7, 11) is -0.128. The number of piperidine rings is 1. The Balaban J connectivity index is 1.09. The van der Waals surface area contributed by atoms with E-state index in [1.807, 2.05) is 11.9 Å². The van der Waals surface area contributed by atoms with Crippen molar-refractivity contribution in [1.29, 1.82) is 0 Å². The van der Waals surface area contributed by atoms with Gasteiger partial charge in [-0.15, -0.1) is 0 Å². The second-order valence-electron chi connectivity index (χ2n) is 11.7. The molecule has 0 N–H and O–H groups in total. The zero-order valence-corrected chi connectivity index (χ0v) is 25.5. The molecule has 2 unspecified atom stereocenters. The number of hydrogen-bond donors (Lipinski definition) is 0. The van der Waals surface area contributed by atoms with Gasteiger partial charge in [-0.05, 0) is 75.7 Å². The Hall–Kier alpha value is -1.35. The van der Waals surface area contributed by atoms with Crippen molar-refractivity contribution in [3.63, 3.8) is 0 Å². The standard InChI is InChI=1S/C32H48N4OS2/c1-33-20-17-30(18-21-33)34-22-24-35(25-23-34)38-26-10-16-31-15-9-19-36(31)39(2,37)27-32(28-11-5-3-6-12-28)29-13-7-4-8-14-29/h3-8,11-14,30-32H,2,9-10,15-27H2,1H3. The Morgan fingerprint density at radius 2 is 1.49 bits per heavy atom. The fraction of sp³-hybridized carbons (Fsp3) is 0.594. The van der Waals surface area contributed by atoms with Crippen LogP contribution in [0, 0.1) is 0 Å². The van der Waals surface area contributed by atoms with Crippen LogP contribution in [-0.4, -0.2) is 105 Å². The first-order chi connectivity index (χ1) is 19.0. The van der Waals surface area contributed by atoms with Gasteiger partial charge in [-0.2, -0.15) is 0 Å². The molecule has 0 saturated carbocycles. The minimum Gasteiger partial charge on any atom is -0.306 e. The predicted molar refractivity (Wildman–Crippen MR) is 170 cm³/mol. The summed E-state index contributed by atoms with van der Waals surface area (Å²) in [5.74, 6) is 6.21. The number of likely N-dealkylation sites (tertiary alicyclic amines) is 1. The van der Waals surface area contributed by atoms with Crippen molar-refractivity contribution in [2.24, 2.45) is 0 Å². The molecule has 214 valence electrons. The zero-order chi connectivity index (χ0) is 27.1. The summed E-state index contributed by atoms with van der Waals surface area (Å²) in [4.78, 5) is 5.20. The van der Waals surface area contributed by atoms with E-state index >= 15 is 0 Å². The third-order valence-electron chi connectivity index (χ3n) is 9.01. The first kappa shape index (κ1) is 29.2. The second kappa shape index (κ2) is 14.0. The highest BCUT2D eigenvalue weighted by Gasteiger charge is 2.32. The molecule has 7 heteroatoms. The summed E-state index contributed by atoms with van der Waals surface area (Å²) in [6.45, 7) is 8.19. The van der Waals surface area contributed by atoms with Gasteiger partial charge in [-0.25, -0.2) is 8.61 Å². The molecule has 0 bridgehead atoms. The molecule has 2 atom stereocenters. The van der Waals surface area contributed by atoms with Crippen LogP contribution >= 0.6 is 11.9 Å². The lowest BCUT2D eigenvalue weighted by Gasteiger charge is -2.41. The molecule has 0 amide bonds. The fourth-order valence-electron chi connectivity index (χ4n) is 6.72. The summed E-state index contributed by atoms with van der Waals surface area (Å²) in [6, 6.07) is 22.3. The minimum absolute atomic E-state index is 0.0994. The molecule has 2 aromatic carbocycles. The quantitative estimate of drug-likeness (QED) is 0.215. The van der Waals surface area contributed by atoms with Gasteiger partial charge in [0.05, 0.1) is 0 Å². The molecule has 3 saturated heterocycles. The summed E-state index contributed by atoms with van der Waals surface area (Å²) in [5, 5.41) is 0. The van der Waals surface area contributed by atoms with Gasteiger partial charge in [0.25, 0.3) is 0 Å². The Morgan fingerprint density at radius 3 is 2.10 bits per heavy atom. The van der Waals surface area contributed by atoms with Crippen molar-refractivity contribution in [1.82, 2.24) is 18.4 Å². The summed E-state index contributed by atoms with van der Waals surface area (Å²) < 4.78 is 19.1. The first-order valence-corrected chi connectivity index (χ1v) is 17.8. The van der Waals surface area contributed by atoms with Crippen LogP contribution in [0.5, 0.6) is 0 Å². The average molecular weight is 569 g/mol.